The van der Waals surface area contributed by atoms with Crippen LogP contribution in [0.2, 0.25) is 0 Å². The SMILES string of the molecule is Cl.Cl.c1ccc(-c2cnn3cc(CN4CCC(C5CCNCC5)CC4)cnc23)cc1. The second-order valence-corrected chi connectivity index (χ2v) is 8.36. The summed E-state index contributed by atoms with van der Waals surface area (Å²) in [6.07, 6.45) is 11.5. The van der Waals surface area contributed by atoms with E-state index in [1.54, 1.807) is 0 Å². The van der Waals surface area contributed by atoms with Gasteiger partial charge in [0.25, 0.3) is 0 Å². The Hall–Kier alpha value is -1.66. The lowest BCUT2D eigenvalue weighted by Crippen LogP contribution is -2.39. The predicted molar refractivity (Wildman–Crippen MR) is 127 cm³/mol. The van der Waals surface area contributed by atoms with Crippen molar-refractivity contribution in [3.63, 3.8) is 0 Å². The summed E-state index contributed by atoms with van der Waals surface area (Å²) < 4.78 is 1.93. The summed E-state index contributed by atoms with van der Waals surface area (Å²) in [5.74, 6) is 1.88. The second-order valence-electron chi connectivity index (χ2n) is 8.36. The summed E-state index contributed by atoms with van der Waals surface area (Å²) in [6, 6.07) is 10.4. The molecular formula is C23H31Cl2N5. The third kappa shape index (κ3) is 4.97. The number of nitrogens with one attached hydrogen (secondary N) is 1. The van der Waals surface area contributed by atoms with Crippen LogP contribution in [0.1, 0.15) is 31.2 Å². The Balaban J connectivity index is 0.00000128. The van der Waals surface area contributed by atoms with Crippen molar-refractivity contribution in [2.24, 2.45) is 11.8 Å². The Morgan fingerprint density at radius 2 is 1.60 bits per heavy atom. The van der Waals surface area contributed by atoms with Crippen molar-refractivity contribution >= 4 is 30.5 Å². The minimum Gasteiger partial charge on any atom is -0.317 e. The number of rotatable bonds is 4. The topological polar surface area (TPSA) is 45.5 Å². The highest BCUT2D eigenvalue weighted by Crippen LogP contribution is 2.31. The van der Waals surface area contributed by atoms with E-state index < -0.39 is 0 Å². The summed E-state index contributed by atoms with van der Waals surface area (Å²) in [7, 11) is 0. The molecule has 1 aromatic carbocycles. The molecule has 0 aliphatic carbocycles. The molecule has 4 heterocycles. The first-order valence-electron chi connectivity index (χ1n) is 10.7. The first-order valence-corrected chi connectivity index (χ1v) is 10.7. The molecule has 2 saturated heterocycles. The number of likely N-dealkylation sites (tertiary alicyclic amines) is 1. The van der Waals surface area contributed by atoms with E-state index in [9.17, 15) is 0 Å². The number of piperidine rings is 2. The van der Waals surface area contributed by atoms with Crippen LogP contribution in [0, 0.1) is 11.8 Å². The quantitative estimate of drug-likeness (QED) is 0.641. The van der Waals surface area contributed by atoms with Crippen molar-refractivity contribution in [3.05, 3.63) is 54.5 Å². The molecule has 0 spiro atoms. The molecular weight excluding hydrogens is 417 g/mol. The summed E-state index contributed by atoms with van der Waals surface area (Å²) in [5.41, 5.74) is 4.43. The van der Waals surface area contributed by atoms with Crippen LogP contribution in [0.3, 0.4) is 0 Å². The van der Waals surface area contributed by atoms with Crippen LogP contribution in [0.25, 0.3) is 16.8 Å². The third-order valence-corrected chi connectivity index (χ3v) is 6.58. The molecule has 30 heavy (non-hydrogen) atoms. The van der Waals surface area contributed by atoms with Crippen molar-refractivity contribution in [2.45, 2.75) is 32.2 Å². The van der Waals surface area contributed by atoms with Crippen LogP contribution >= 0.6 is 24.8 Å². The number of benzene rings is 1. The molecule has 0 saturated carbocycles. The lowest BCUT2D eigenvalue weighted by atomic mass is 9.79. The molecule has 0 unspecified atom stereocenters. The minimum atomic E-state index is 0. The maximum atomic E-state index is 4.74. The molecule has 3 aromatic rings. The second kappa shape index (κ2) is 10.6. The molecule has 162 valence electrons. The van der Waals surface area contributed by atoms with Gasteiger partial charge in [-0.2, -0.15) is 5.10 Å². The van der Waals surface area contributed by atoms with E-state index in [4.69, 9.17) is 4.98 Å². The van der Waals surface area contributed by atoms with E-state index in [-0.39, 0.29) is 24.8 Å². The zero-order chi connectivity index (χ0) is 18.8. The van der Waals surface area contributed by atoms with Crippen LogP contribution in [0.5, 0.6) is 0 Å². The molecule has 0 radical (unpaired) electrons. The minimum absolute atomic E-state index is 0. The number of nitrogens with zero attached hydrogens (tertiary/aromatic N) is 4. The van der Waals surface area contributed by atoms with Gasteiger partial charge in [-0.25, -0.2) is 9.50 Å². The molecule has 0 atom stereocenters. The first kappa shape index (κ1) is 23.0. The fourth-order valence-electron chi connectivity index (χ4n) is 4.97. The standard InChI is InChI=1S/C23H29N5.2ClH/c1-2-4-21(5-3-1)22-15-26-28-17-18(14-25-23(22)28)16-27-12-8-20(9-13-27)19-6-10-24-11-7-19;;/h1-5,14-15,17,19-20,24H,6-13,16H2;2*1H. The molecule has 2 aromatic heterocycles. The fourth-order valence-corrected chi connectivity index (χ4v) is 4.97. The van der Waals surface area contributed by atoms with Gasteiger partial charge in [0, 0.05) is 30.1 Å². The number of hydrogen-bond acceptors (Lipinski definition) is 4. The Kier molecular flexibility index (Phi) is 8.12. The molecule has 2 aliphatic rings. The van der Waals surface area contributed by atoms with Gasteiger partial charge in [-0.05, 0) is 69.3 Å². The third-order valence-electron chi connectivity index (χ3n) is 6.58. The van der Waals surface area contributed by atoms with Gasteiger partial charge in [-0.1, -0.05) is 30.3 Å². The van der Waals surface area contributed by atoms with Crippen molar-refractivity contribution in [2.75, 3.05) is 26.2 Å². The van der Waals surface area contributed by atoms with Crippen LogP contribution in [0.15, 0.2) is 48.9 Å². The zero-order valence-corrected chi connectivity index (χ0v) is 18.9. The average Bonchev–Trinajstić information content (AvgIpc) is 3.19. The molecule has 5 nitrogen and oxygen atoms in total. The highest BCUT2D eigenvalue weighted by atomic mass is 35.5. The van der Waals surface area contributed by atoms with E-state index >= 15 is 0 Å². The van der Waals surface area contributed by atoms with Gasteiger partial charge in [0.05, 0.1) is 6.20 Å². The number of aromatic nitrogens is 3. The van der Waals surface area contributed by atoms with E-state index in [0.29, 0.717) is 0 Å². The molecule has 2 aliphatic heterocycles. The Bertz CT molecular complexity index is 916. The fraction of sp³-hybridized carbons (Fsp3) is 0.478. The van der Waals surface area contributed by atoms with E-state index in [0.717, 1.165) is 35.2 Å². The van der Waals surface area contributed by atoms with Gasteiger partial charge in [0.1, 0.15) is 0 Å². The molecule has 1 N–H and O–H groups in total. The van der Waals surface area contributed by atoms with Gasteiger partial charge < -0.3 is 5.32 Å². The highest BCUT2D eigenvalue weighted by Gasteiger charge is 2.27. The Labute approximate surface area is 191 Å². The van der Waals surface area contributed by atoms with Crippen molar-refractivity contribution in [1.29, 1.82) is 0 Å². The van der Waals surface area contributed by atoms with Crippen LogP contribution in [-0.4, -0.2) is 45.7 Å². The van der Waals surface area contributed by atoms with Crippen LogP contribution < -0.4 is 5.32 Å². The van der Waals surface area contributed by atoms with Gasteiger partial charge >= 0.3 is 0 Å². The lowest BCUT2D eigenvalue weighted by Gasteiger charge is -2.37. The number of hydrogen-bond donors (Lipinski definition) is 1. The van der Waals surface area contributed by atoms with E-state index in [2.05, 4.69) is 45.8 Å². The van der Waals surface area contributed by atoms with Crippen LogP contribution in [0.4, 0.5) is 0 Å². The van der Waals surface area contributed by atoms with Gasteiger partial charge in [-0.3, -0.25) is 4.90 Å². The molecule has 2 fully saturated rings. The monoisotopic (exact) mass is 447 g/mol. The van der Waals surface area contributed by atoms with Crippen molar-refractivity contribution < 1.29 is 0 Å². The average molecular weight is 448 g/mol. The highest BCUT2D eigenvalue weighted by molar-refractivity contribution is 5.85. The van der Waals surface area contributed by atoms with Crippen molar-refractivity contribution in [1.82, 2.24) is 24.8 Å². The predicted octanol–water partition coefficient (Wildman–Crippen LogP) is 4.45. The van der Waals surface area contributed by atoms with Crippen LogP contribution in [-0.2, 0) is 6.54 Å². The Morgan fingerprint density at radius 3 is 2.33 bits per heavy atom. The lowest BCUT2D eigenvalue weighted by molar-refractivity contribution is 0.125. The molecule has 7 heteroatoms. The molecule has 0 bridgehead atoms. The maximum Gasteiger partial charge on any atom is 0.162 e. The summed E-state index contributed by atoms with van der Waals surface area (Å²) in [5, 5.41) is 8.05. The smallest absolute Gasteiger partial charge is 0.162 e. The van der Waals surface area contributed by atoms with E-state index in [1.807, 2.05) is 23.0 Å². The molecule has 5 rings (SSSR count). The van der Waals surface area contributed by atoms with Gasteiger partial charge in [0.15, 0.2) is 5.65 Å². The van der Waals surface area contributed by atoms with Gasteiger partial charge in [-0.15, -0.1) is 24.8 Å². The first-order chi connectivity index (χ1) is 13.9. The summed E-state index contributed by atoms with van der Waals surface area (Å²) in [6.45, 7) is 5.82. The van der Waals surface area contributed by atoms with E-state index in [1.165, 1.54) is 57.4 Å². The summed E-state index contributed by atoms with van der Waals surface area (Å²) >= 11 is 0. The Morgan fingerprint density at radius 1 is 0.900 bits per heavy atom. The zero-order valence-electron chi connectivity index (χ0n) is 17.2. The summed E-state index contributed by atoms with van der Waals surface area (Å²) in [4.78, 5) is 7.32. The number of halogens is 2. The maximum absolute atomic E-state index is 4.74. The normalized spacial score (nSPS) is 18.7. The number of fused-ring (bicyclic) bond motifs is 1. The molecule has 0 amide bonds. The van der Waals surface area contributed by atoms with Gasteiger partial charge in [0.2, 0.25) is 0 Å². The van der Waals surface area contributed by atoms with Crippen molar-refractivity contribution in [3.8, 4) is 11.1 Å². The largest absolute Gasteiger partial charge is 0.317 e.